The number of carbonyl (C=O) groups excluding carboxylic acids is 1. The van der Waals surface area contributed by atoms with E-state index in [1.165, 1.54) is 25.3 Å². The van der Waals surface area contributed by atoms with Crippen LogP contribution >= 0.6 is 0 Å². The predicted octanol–water partition coefficient (Wildman–Crippen LogP) is 1.25. The van der Waals surface area contributed by atoms with Crippen molar-refractivity contribution in [2.45, 2.75) is 4.90 Å². The first-order valence-corrected chi connectivity index (χ1v) is 7.88. The lowest BCUT2D eigenvalue weighted by Crippen LogP contribution is -2.07. The number of methoxy groups -OCH3 is 2. The standard InChI is InChI=1S/C15H14O8S/c1-22-8-3-4-9(11(16)5-8)15(18)10-6-14(24(19,20)21)13(23-2)7-12(10)17/h3-7,16-17H,1-2H3,(H,19,20,21)/p-1. The molecule has 9 heteroatoms. The molecule has 2 aromatic rings. The minimum Gasteiger partial charge on any atom is -0.744 e. The fraction of sp³-hybridized carbons (Fsp3) is 0.133. The molecule has 0 radical (unpaired) electrons. The summed E-state index contributed by atoms with van der Waals surface area (Å²) in [7, 11) is -2.46. The summed E-state index contributed by atoms with van der Waals surface area (Å²) in [6.07, 6.45) is 0. The third kappa shape index (κ3) is 3.26. The highest BCUT2D eigenvalue weighted by molar-refractivity contribution is 7.85. The summed E-state index contributed by atoms with van der Waals surface area (Å²) in [6.45, 7) is 0. The SMILES string of the molecule is COc1ccc(C(=O)c2cc(S(=O)(=O)[O-])c(OC)cc2O)c(O)c1. The molecule has 0 atom stereocenters. The second-order valence-electron chi connectivity index (χ2n) is 4.69. The molecule has 0 saturated carbocycles. The molecule has 24 heavy (non-hydrogen) atoms. The van der Waals surface area contributed by atoms with E-state index < -0.39 is 43.6 Å². The number of phenols is 2. The molecule has 2 aromatic carbocycles. The molecule has 0 aliphatic rings. The van der Waals surface area contributed by atoms with Crippen molar-refractivity contribution in [1.29, 1.82) is 0 Å². The van der Waals surface area contributed by atoms with E-state index in [-0.39, 0.29) is 5.56 Å². The van der Waals surface area contributed by atoms with Gasteiger partial charge in [-0.15, -0.1) is 0 Å². The molecule has 0 bridgehead atoms. The Morgan fingerprint density at radius 2 is 1.62 bits per heavy atom. The van der Waals surface area contributed by atoms with Crippen molar-refractivity contribution >= 4 is 15.9 Å². The van der Waals surface area contributed by atoms with Gasteiger partial charge in [-0.2, -0.15) is 0 Å². The number of ketones is 1. The lowest BCUT2D eigenvalue weighted by atomic mass is 10.0. The number of aromatic hydroxyl groups is 2. The van der Waals surface area contributed by atoms with Crippen LogP contribution in [0, 0.1) is 0 Å². The first kappa shape index (κ1) is 17.6. The molecule has 0 aliphatic heterocycles. The van der Waals surface area contributed by atoms with Crippen LogP contribution in [0.2, 0.25) is 0 Å². The third-order valence-corrected chi connectivity index (χ3v) is 4.10. The Kier molecular flexibility index (Phi) is 4.67. The second-order valence-corrected chi connectivity index (χ2v) is 6.03. The van der Waals surface area contributed by atoms with Gasteiger partial charge >= 0.3 is 0 Å². The van der Waals surface area contributed by atoms with Crippen LogP contribution in [0.5, 0.6) is 23.0 Å². The van der Waals surface area contributed by atoms with E-state index in [1.54, 1.807) is 0 Å². The topological polar surface area (TPSA) is 133 Å². The van der Waals surface area contributed by atoms with Gasteiger partial charge in [-0.1, -0.05) is 0 Å². The van der Waals surface area contributed by atoms with Crippen LogP contribution in [0.1, 0.15) is 15.9 Å². The number of benzene rings is 2. The molecule has 0 aromatic heterocycles. The number of phenolic OH excluding ortho intramolecular Hbond substituents is 2. The van der Waals surface area contributed by atoms with E-state index in [2.05, 4.69) is 0 Å². The molecule has 0 spiro atoms. The molecule has 0 unspecified atom stereocenters. The molecular weight excluding hydrogens is 340 g/mol. The zero-order valence-corrected chi connectivity index (χ0v) is 13.5. The number of carbonyl (C=O) groups is 1. The van der Waals surface area contributed by atoms with Gasteiger partial charge in [0.25, 0.3) is 0 Å². The largest absolute Gasteiger partial charge is 0.744 e. The normalized spacial score (nSPS) is 11.1. The van der Waals surface area contributed by atoms with Crippen LogP contribution in [0.3, 0.4) is 0 Å². The minimum atomic E-state index is -4.94. The smallest absolute Gasteiger partial charge is 0.200 e. The van der Waals surface area contributed by atoms with Gasteiger partial charge in [0.05, 0.1) is 30.2 Å². The van der Waals surface area contributed by atoms with Crippen molar-refractivity contribution in [3.05, 3.63) is 41.5 Å². The van der Waals surface area contributed by atoms with E-state index in [0.29, 0.717) is 11.8 Å². The summed E-state index contributed by atoms with van der Waals surface area (Å²) in [5.41, 5.74) is -0.670. The van der Waals surface area contributed by atoms with Gasteiger partial charge in [-0.05, 0) is 18.2 Å². The van der Waals surface area contributed by atoms with Gasteiger partial charge in [0.2, 0.25) is 5.78 Å². The number of rotatable bonds is 5. The number of hydrogen-bond acceptors (Lipinski definition) is 8. The molecule has 0 saturated heterocycles. The lowest BCUT2D eigenvalue weighted by Gasteiger charge is -2.15. The Morgan fingerprint density at radius 3 is 2.12 bits per heavy atom. The van der Waals surface area contributed by atoms with Gasteiger partial charge < -0.3 is 24.2 Å². The zero-order chi connectivity index (χ0) is 18.1. The summed E-state index contributed by atoms with van der Waals surface area (Å²) < 4.78 is 43.5. The van der Waals surface area contributed by atoms with Crippen molar-refractivity contribution in [3.63, 3.8) is 0 Å². The van der Waals surface area contributed by atoms with Crippen molar-refractivity contribution < 1.29 is 37.5 Å². The summed E-state index contributed by atoms with van der Waals surface area (Å²) in [5, 5.41) is 19.8. The molecule has 0 fully saturated rings. The highest BCUT2D eigenvalue weighted by atomic mass is 32.2. The van der Waals surface area contributed by atoms with Gasteiger partial charge in [0.1, 0.15) is 33.1 Å². The molecule has 2 N–H and O–H groups in total. The van der Waals surface area contributed by atoms with Crippen LogP contribution in [0.15, 0.2) is 35.2 Å². The Balaban J connectivity index is 2.62. The minimum absolute atomic E-state index is 0.203. The van der Waals surface area contributed by atoms with Crippen LogP contribution < -0.4 is 9.47 Å². The maximum atomic E-state index is 12.5. The molecule has 2 rings (SSSR count). The Morgan fingerprint density at radius 1 is 1.00 bits per heavy atom. The van der Waals surface area contributed by atoms with Crippen LogP contribution in [-0.2, 0) is 10.1 Å². The summed E-state index contributed by atoms with van der Waals surface area (Å²) in [4.78, 5) is 11.7. The fourth-order valence-corrected chi connectivity index (χ4v) is 2.71. The van der Waals surface area contributed by atoms with E-state index in [4.69, 9.17) is 9.47 Å². The maximum Gasteiger partial charge on any atom is 0.200 e. The molecule has 0 amide bonds. The Bertz CT molecular complexity index is 902. The molecule has 128 valence electrons. The lowest BCUT2D eigenvalue weighted by molar-refractivity contribution is 0.103. The summed E-state index contributed by atoms with van der Waals surface area (Å²) in [5.74, 6) is -2.00. The van der Waals surface area contributed by atoms with Gasteiger partial charge in [-0.25, -0.2) is 8.42 Å². The van der Waals surface area contributed by atoms with Crippen molar-refractivity contribution in [1.82, 2.24) is 0 Å². The second kappa shape index (κ2) is 6.38. The summed E-state index contributed by atoms with van der Waals surface area (Å²) >= 11 is 0. The van der Waals surface area contributed by atoms with E-state index >= 15 is 0 Å². The van der Waals surface area contributed by atoms with Crippen LogP contribution in [-0.4, -0.2) is 43.2 Å². The van der Waals surface area contributed by atoms with Gasteiger partial charge in [0.15, 0.2) is 0 Å². The molecule has 0 heterocycles. The van der Waals surface area contributed by atoms with Crippen molar-refractivity contribution in [3.8, 4) is 23.0 Å². The number of hydrogen-bond donors (Lipinski definition) is 2. The Labute approximate surface area is 137 Å². The predicted molar refractivity (Wildman–Crippen MR) is 80.7 cm³/mol. The summed E-state index contributed by atoms with van der Waals surface area (Å²) in [6, 6.07) is 5.38. The first-order valence-electron chi connectivity index (χ1n) is 6.47. The molecular formula is C15H13O8S-. The van der Waals surface area contributed by atoms with Gasteiger partial charge in [-0.3, -0.25) is 4.79 Å². The highest BCUT2D eigenvalue weighted by Crippen LogP contribution is 2.34. The quantitative estimate of drug-likeness (QED) is 0.606. The van der Waals surface area contributed by atoms with Crippen molar-refractivity contribution in [2.24, 2.45) is 0 Å². The van der Waals surface area contributed by atoms with E-state index in [9.17, 15) is 28.0 Å². The van der Waals surface area contributed by atoms with E-state index in [1.807, 2.05) is 0 Å². The molecule has 0 aliphatic carbocycles. The van der Waals surface area contributed by atoms with Crippen molar-refractivity contribution in [2.75, 3.05) is 14.2 Å². The zero-order valence-electron chi connectivity index (χ0n) is 12.6. The Hall–Kier alpha value is -2.78. The maximum absolute atomic E-state index is 12.5. The van der Waals surface area contributed by atoms with Crippen LogP contribution in [0.4, 0.5) is 0 Å². The molecule has 8 nitrogen and oxygen atoms in total. The third-order valence-electron chi connectivity index (χ3n) is 3.25. The fourth-order valence-electron chi connectivity index (χ4n) is 2.06. The number of ether oxygens (including phenoxy) is 2. The average Bonchev–Trinajstić information content (AvgIpc) is 2.52. The van der Waals surface area contributed by atoms with E-state index in [0.717, 1.165) is 13.2 Å². The van der Waals surface area contributed by atoms with Crippen LogP contribution in [0.25, 0.3) is 0 Å². The first-order chi connectivity index (χ1) is 11.2. The average molecular weight is 353 g/mol. The van der Waals surface area contributed by atoms with Gasteiger partial charge in [0, 0.05) is 12.1 Å². The highest BCUT2D eigenvalue weighted by Gasteiger charge is 2.22. The monoisotopic (exact) mass is 353 g/mol.